The second-order valence-corrected chi connectivity index (χ2v) is 6.06. The number of aliphatic imine (C=N–C) groups is 1. The molecule has 1 atom stereocenters. The second-order valence-electron chi connectivity index (χ2n) is 5.68. The molecule has 0 aromatic carbocycles. The van der Waals surface area contributed by atoms with Gasteiger partial charge in [-0.15, -0.1) is 11.6 Å². The summed E-state index contributed by atoms with van der Waals surface area (Å²) in [5.41, 5.74) is 2.32. The molecule has 0 bridgehead atoms. The molecule has 1 unspecified atom stereocenters. The summed E-state index contributed by atoms with van der Waals surface area (Å²) in [7, 11) is 1.87. The van der Waals surface area contributed by atoms with Gasteiger partial charge in [-0.25, -0.2) is 9.59 Å². The van der Waals surface area contributed by atoms with Crippen molar-refractivity contribution in [1.29, 1.82) is 0 Å². The van der Waals surface area contributed by atoms with Crippen molar-refractivity contribution in [3.63, 3.8) is 0 Å². The highest BCUT2D eigenvalue weighted by Crippen LogP contribution is 2.27. The molecule has 0 aromatic rings. The van der Waals surface area contributed by atoms with Crippen molar-refractivity contribution in [3.8, 4) is 0 Å². The Bertz CT molecular complexity index is 591. The van der Waals surface area contributed by atoms with Crippen molar-refractivity contribution in [1.82, 2.24) is 10.2 Å². The van der Waals surface area contributed by atoms with Crippen molar-refractivity contribution in [2.24, 2.45) is 4.99 Å². The summed E-state index contributed by atoms with van der Waals surface area (Å²) in [5, 5.41) is 19.0. The number of hydrogen-bond acceptors (Lipinski definition) is 5. The van der Waals surface area contributed by atoms with Gasteiger partial charge in [0, 0.05) is 44.8 Å². The Morgan fingerprint density at radius 3 is 2.48 bits per heavy atom. The van der Waals surface area contributed by atoms with Crippen molar-refractivity contribution in [2.75, 3.05) is 32.7 Å². The third kappa shape index (κ3) is 6.45. The number of carboxylic acids is 2. The first-order valence-corrected chi connectivity index (χ1v) is 8.39. The van der Waals surface area contributed by atoms with Gasteiger partial charge in [0.2, 0.25) is 0 Å². The number of nitrogens with zero attached hydrogens (tertiary/aromatic N) is 2. The second kappa shape index (κ2) is 10.1. The molecule has 0 spiro atoms. The molecule has 1 heterocycles. The van der Waals surface area contributed by atoms with Gasteiger partial charge in [0.05, 0.1) is 11.3 Å². The Labute approximate surface area is 152 Å². The van der Waals surface area contributed by atoms with E-state index in [0.717, 1.165) is 31.9 Å². The molecular weight excluding hydrogens is 346 g/mol. The zero-order valence-corrected chi connectivity index (χ0v) is 15.2. The van der Waals surface area contributed by atoms with E-state index in [1.54, 1.807) is 0 Å². The smallest absolute Gasteiger partial charge is 0.328 e. The lowest BCUT2D eigenvalue weighted by Gasteiger charge is -2.38. The van der Waals surface area contributed by atoms with Crippen LogP contribution in [0.25, 0.3) is 0 Å². The maximum Gasteiger partial charge on any atom is 0.328 e. The van der Waals surface area contributed by atoms with Gasteiger partial charge >= 0.3 is 11.9 Å². The van der Waals surface area contributed by atoms with Crippen LogP contribution in [0.1, 0.15) is 13.3 Å². The van der Waals surface area contributed by atoms with E-state index >= 15 is 0 Å². The lowest BCUT2D eigenvalue weighted by Crippen LogP contribution is -2.50. The minimum absolute atomic E-state index is 0.0753. The summed E-state index contributed by atoms with van der Waals surface area (Å²) in [4.78, 5) is 26.0. The van der Waals surface area contributed by atoms with Crippen LogP contribution in [0.3, 0.4) is 0 Å². The molecule has 1 aliphatic heterocycles. The Balaban J connectivity index is 0.000000333. The van der Waals surface area contributed by atoms with Crippen LogP contribution in [0, 0.1) is 0 Å². The van der Waals surface area contributed by atoms with E-state index in [9.17, 15) is 9.59 Å². The summed E-state index contributed by atoms with van der Waals surface area (Å²) in [5.74, 6) is -1.85. The number of carbonyl (C=O) groups is 2. The molecule has 8 heteroatoms. The number of aliphatic carboxylic acids is 2. The van der Waals surface area contributed by atoms with Crippen LogP contribution in [0.15, 0.2) is 40.9 Å². The number of halogens is 1. The summed E-state index contributed by atoms with van der Waals surface area (Å²) in [6.07, 6.45) is 8.65. The fourth-order valence-electron chi connectivity index (χ4n) is 2.59. The average molecular weight is 370 g/mol. The molecule has 0 saturated carbocycles. The van der Waals surface area contributed by atoms with Crippen molar-refractivity contribution in [2.45, 2.75) is 18.9 Å². The number of nitrogens with one attached hydrogen (secondary N) is 1. The van der Waals surface area contributed by atoms with Crippen LogP contribution in [0.2, 0.25) is 0 Å². The number of hydrogen-bond donors (Lipinski definition) is 3. The zero-order chi connectivity index (χ0) is 18.9. The van der Waals surface area contributed by atoms with Crippen LogP contribution in [-0.2, 0) is 9.59 Å². The highest BCUT2D eigenvalue weighted by Gasteiger charge is 2.36. The molecule has 25 heavy (non-hydrogen) atoms. The van der Waals surface area contributed by atoms with Gasteiger partial charge < -0.3 is 15.5 Å². The van der Waals surface area contributed by atoms with E-state index in [-0.39, 0.29) is 5.54 Å². The normalized spacial score (nSPS) is 24.9. The van der Waals surface area contributed by atoms with Gasteiger partial charge in [-0.3, -0.25) is 9.89 Å². The molecule has 7 nitrogen and oxygen atoms in total. The fourth-order valence-corrected chi connectivity index (χ4v) is 2.81. The molecule has 0 radical (unpaired) electrons. The summed E-state index contributed by atoms with van der Waals surface area (Å²) >= 11 is 5.79. The topological polar surface area (TPSA) is 102 Å². The number of allylic oxidation sites excluding steroid dienone is 2. The lowest BCUT2D eigenvalue weighted by molar-refractivity contribution is -0.134. The number of rotatable bonds is 5. The Morgan fingerprint density at radius 2 is 2.04 bits per heavy atom. The minimum atomic E-state index is -1.26. The first kappa shape index (κ1) is 21.1. The molecule has 2 aliphatic rings. The van der Waals surface area contributed by atoms with Gasteiger partial charge in [0.15, 0.2) is 0 Å². The van der Waals surface area contributed by atoms with Gasteiger partial charge in [0.25, 0.3) is 0 Å². The zero-order valence-electron chi connectivity index (χ0n) is 14.4. The fraction of sp³-hybridized carbons (Fsp3) is 0.471. The van der Waals surface area contributed by atoms with Gasteiger partial charge in [-0.2, -0.15) is 0 Å². The van der Waals surface area contributed by atoms with Crippen molar-refractivity contribution >= 4 is 29.3 Å². The number of alkyl halides is 1. The van der Waals surface area contributed by atoms with E-state index in [1.807, 2.05) is 7.05 Å². The Morgan fingerprint density at radius 1 is 1.40 bits per heavy atom. The van der Waals surface area contributed by atoms with E-state index in [1.165, 1.54) is 5.57 Å². The highest BCUT2D eigenvalue weighted by atomic mass is 35.5. The summed E-state index contributed by atoms with van der Waals surface area (Å²) in [6.45, 7) is 5.28. The van der Waals surface area contributed by atoms with Crippen LogP contribution in [-0.4, -0.2) is 71.0 Å². The lowest BCUT2D eigenvalue weighted by atomic mass is 9.86. The first-order chi connectivity index (χ1) is 11.8. The van der Waals surface area contributed by atoms with E-state index in [4.69, 9.17) is 21.8 Å². The Hall–Kier alpha value is -1.96. The molecule has 2 rings (SSSR count). The van der Waals surface area contributed by atoms with E-state index < -0.39 is 11.9 Å². The largest absolute Gasteiger partial charge is 0.478 e. The first-order valence-electron chi connectivity index (χ1n) is 7.86. The van der Waals surface area contributed by atoms with E-state index in [0.29, 0.717) is 18.0 Å². The molecule has 0 amide bonds. The maximum absolute atomic E-state index is 9.55. The maximum atomic E-state index is 9.55. The summed E-state index contributed by atoms with van der Waals surface area (Å²) in [6, 6.07) is 0. The molecule has 3 N–H and O–H groups in total. The summed E-state index contributed by atoms with van der Waals surface area (Å²) < 4.78 is 0. The Kier molecular flexibility index (Phi) is 8.54. The van der Waals surface area contributed by atoms with Gasteiger partial charge in [0.1, 0.15) is 0 Å². The van der Waals surface area contributed by atoms with Crippen molar-refractivity contribution in [3.05, 3.63) is 36.0 Å². The molecule has 1 fully saturated rings. The monoisotopic (exact) mass is 369 g/mol. The van der Waals surface area contributed by atoms with Gasteiger partial charge in [-0.05, 0) is 25.0 Å². The molecule has 138 valence electrons. The van der Waals surface area contributed by atoms with Crippen LogP contribution in [0.4, 0.5) is 0 Å². The number of carboxylic acid groups (broad SMARTS) is 2. The molecular formula is C17H24ClN3O4. The average Bonchev–Trinajstić information content (AvgIpc) is 3.11. The highest BCUT2D eigenvalue weighted by molar-refractivity contribution is 6.18. The minimum Gasteiger partial charge on any atom is -0.478 e. The molecule has 0 aromatic heterocycles. The predicted octanol–water partition coefficient (Wildman–Crippen LogP) is 1.52. The van der Waals surface area contributed by atoms with Crippen LogP contribution >= 0.6 is 11.6 Å². The third-order valence-corrected chi connectivity index (χ3v) is 4.16. The SMILES string of the molecule is CN=C1C=C(CCCl)C=CC1(C)N1CCNC1.O=C(O)C=CC(=O)O. The van der Waals surface area contributed by atoms with Gasteiger partial charge in [-0.1, -0.05) is 12.2 Å². The standard InChI is InChI=1S/C13H20ClN3.C4H4O4/c1-13(17-8-7-16-10-17)5-3-11(4-6-14)9-12(13)15-2;5-3(6)1-2-4(7)8/h3,5,9,16H,4,6-8,10H2,1-2H3;1-2H,(H,5,6)(H,7,8). The van der Waals surface area contributed by atoms with Crippen molar-refractivity contribution < 1.29 is 19.8 Å². The quantitative estimate of drug-likeness (QED) is 0.501. The molecule has 1 aliphatic carbocycles. The van der Waals surface area contributed by atoms with Crippen LogP contribution in [0.5, 0.6) is 0 Å². The van der Waals surface area contributed by atoms with E-state index in [2.05, 4.69) is 40.4 Å². The third-order valence-electron chi connectivity index (χ3n) is 3.97. The molecule has 1 saturated heterocycles. The van der Waals surface area contributed by atoms with Crippen LogP contribution < -0.4 is 5.32 Å². The predicted molar refractivity (Wildman–Crippen MR) is 98.3 cm³/mol.